The maximum Gasteiger partial charge on any atom is 0.344 e. The summed E-state index contributed by atoms with van der Waals surface area (Å²) in [5, 5.41) is 0. The zero-order valence-electron chi connectivity index (χ0n) is 12.2. The van der Waals surface area contributed by atoms with Crippen LogP contribution in [-0.2, 0) is 9.47 Å². The topological polar surface area (TPSA) is 74.7 Å². The SMILES string of the molecule is CC(C)OC(=O)c1c(C=O)ccnc1OCC1CCCO1. The van der Waals surface area contributed by atoms with Crippen molar-refractivity contribution in [3.8, 4) is 5.88 Å². The normalized spacial score (nSPS) is 17.8. The fourth-order valence-electron chi connectivity index (χ4n) is 2.09. The number of rotatable bonds is 6. The predicted octanol–water partition coefficient (Wildman–Crippen LogP) is 2.02. The van der Waals surface area contributed by atoms with Gasteiger partial charge in [0.2, 0.25) is 5.88 Å². The lowest BCUT2D eigenvalue weighted by molar-refractivity contribution is 0.0359. The minimum atomic E-state index is -0.609. The largest absolute Gasteiger partial charge is 0.474 e. The van der Waals surface area contributed by atoms with E-state index in [9.17, 15) is 9.59 Å². The van der Waals surface area contributed by atoms with Gasteiger partial charge in [0, 0.05) is 18.4 Å². The average Bonchev–Trinajstić information content (AvgIpc) is 2.97. The van der Waals surface area contributed by atoms with Crippen LogP contribution in [0.2, 0.25) is 0 Å². The van der Waals surface area contributed by atoms with Crippen molar-refractivity contribution >= 4 is 12.3 Å². The van der Waals surface area contributed by atoms with Gasteiger partial charge in [-0.25, -0.2) is 9.78 Å². The number of carbonyl (C=O) groups excluding carboxylic acids is 2. The van der Waals surface area contributed by atoms with E-state index in [1.54, 1.807) is 13.8 Å². The summed E-state index contributed by atoms with van der Waals surface area (Å²) < 4.78 is 16.2. The summed E-state index contributed by atoms with van der Waals surface area (Å²) in [5.41, 5.74) is 0.275. The summed E-state index contributed by atoms with van der Waals surface area (Å²) >= 11 is 0. The molecule has 0 N–H and O–H groups in total. The molecular formula is C15H19NO5. The third kappa shape index (κ3) is 4.01. The summed E-state index contributed by atoms with van der Waals surface area (Å²) in [5.74, 6) is -0.497. The van der Waals surface area contributed by atoms with E-state index in [0.29, 0.717) is 12.9 Å². The maximum atomic E-state index is 12.1. The summed E-state index contributed by atoms with van der Waals surface area (Å²) in [4.78, 5) is 27.3. The van der Waals surface area contributed by atoms with E-state index in [1.165, 1.54) is 12.3 Å². The molecule has 0 aliphatic carbocycles. The van der Waals surface area contributed by atoms with Crippen LogP contribution in [0.3, 0.4) is 0 Å². The molecule has 0 amide bonds. The zero-order chi connectivity index (χ0) is 15.2. The van der Waals surface area contributed by atoms with E-state index in [1.807, 2.05) is 0 Å². The van der Waals surface area contributed by atoms with E-state index >= 15 is 0 Å². The first-order valence-electron chi connectivity index (χ1n) is 7.01. The molecule has 1 aliphatic heterocycles. The number of aromatic nitrogens is 1. The summed E-state index contributed by atoms with van der Waals surface area (Å²) in [6.07, 6.45) is 3.65. The first-order chi connectivity index (χ1) is 10.1. The molecule has 0 radical (unpaired) electrons. The number of carbonyl (C=O) groups is 2. The van der Waals surface area contributed by atoms with Crippen molar-refractivity contribution in [3.63, 3.8) is 0 Å². The second-order valence-electron chi connectivity index (χ2n) is 5.10. The van der Waals surface area contributed by atoms with Crippen LogP contribution in [0, 0.1) is 0 Å². The van der Waals surface area contributed by atoms with Crippen LogP contribution in [0.4, 0.5) is 0 Å². The third-order valence-corrected chi connectivity index (χ3v) is 3.05. The van der Waals surface area contributed by atoms with Gasteiger partial charge in [0.05, 0.1) is 12.2 Å². The van der Waals surface area contributed by atoms with Crippen LogP contribution >= 0.6 is 0 Å². The quantitative estimate of drug-likeness (QED) is 0.590. The van der Waals surface area contributed by atoms with Crippen molar-refractivity contribution in [2.75, 3.05) is 13.2 Å². The van der Waals surface area contributed by atoms with Crippen LogP contribution in [0.5, 0.6) is 5.88 Å². The molecule has 1 unspecified atom stereocenters. The Morgan fingerprint density at radius 1 is 1.57 bits per heavy atom. The Labute approximate surface area is 123 Å². The standard InChI is InChI=1S/C15H19NO5/c1-10(2)21-15(18)13-11(8-17)5-6-16-14(13)20-9-12-4-3-7-19-12/h5-6,8,10,12H,3-4,7,9H2,1-2H3. The van der Waals surface area contributed by atoms with Gasteiger partial charge in [0.15, 0.2) is 6.29 Å². The lowest BCUT2D eigenvalue weighted by atomic mass is 10.1. The van der Waals surface area contributed by atoms with E-state index in [2.05, 4.69) is 4.98 Å². The first-order valence-corrected chi connectivity index (χ1v) is 7.01. The fourth-order valence-corrected chi connectivity index (χ4v) is 2.09. The summed E-state index contributed by atoms with van der Waals surface area (Å²) in [7, 11) is 0. The Kier molecular flexibility index (Phi) is 5.27. The van der Waals surface area contributed by atoms with Gasteiger partial charge in [0.25, 0.3) is 0 Å². The molecule has 0 bridgehead atoms. The number of ether oxygens (including phenoxy) is 3. The predicted molar refractivity (Wildman–Crippen MR) is 74.6 cm³/mol. The molecule has 1 aliphatic rings. The van der Waals surface area contributed by atoms with Crippen molar-refractivity contribution in [1.82, 2.24) is 4.98 Å². The fraction of sp³-hybridized carbons (Fsp3) is 0.533. The van der Waals surface area contributed by atoms with Crippen LogP contribution in [0.15, 0.2) is 12.3 Å². The molecule has 6 nitrogen and oxygen atoms in total. The van der Waals surface area contributed by atoms with Crippen molar-refractivity contribution in [3.05, 3.63) is 23.4 Å². The van der Waals surface area contributed by atoms with Gasteiger partial charge in [-0.05, 0) is 32.8 Å². The van der Waals surface area contributed by atoms with E-state index in [4.69, 9.17) is 14.2 Å². The minimum absolute atomic E-state index is 0.000608. The molecular weight excluding hydrogens is 274 g/mol. The van der Waals surface area contributed by atoms with Crippen LogP contribution in [-0.4, -0.2) is 42.7 Å². The minimum Gasteiger partial charge on any atom is -0.474 e. The molecule has 1 saturated heterocycles. The van der Waals surface area contributed by atoms with Crippen LogP contribution in [0.1, 0.15) is 47.4 Å². The van der Waals surface area contributed by atoms with Gasteiger partial charge in [-0.3, -0.25) is 4.79 Å². The summed E-state index contributed by atoms with van der Waals surface area (Å²) in [6.45, 7) is 4.50. The lowest BCUT2D eigenvalue weighted by Crippen LogP contribution is -2.20. The molecule has 1 aromatic heterocycles. The highest BCUT2D eigenvalue weighted by Gasteiger charge is 2.23. The Bertz CT molecular complexity index is 509. The van der Waals surface area contributed by atoms with Gasteiger partial charge < -0.3 is 14.2 Å². The zero-order valence-corrected chi connectivity index (χ0v) is 12.2. The molecule has 6 heteroatoms. The van der Waals surface area contributed by atoms with Gasteiger partial charge in [0.1, 0.15) is 12.2 Å². The highest BCUT2D eigenvalue weighted by molar-refractivity contribution is 6.00. The Morgan fingerprint density at radius 3 is 3.00 bits per heavy atom. The van der Waals surface area contributed by atoms with Crippen molar-refractivity contribution in [1.29, 1.82) is 0 Å². The molecule has 1 fully saturated rings. The molecule has 0 spiro atoms. The molecule has 114 valence electrons. The number of aldehydes is 1. The van der Waals surface area contributed by atoms with Crippen molar-refractivity contribution < 1.29 is 23.8 Å². The summed E-state index contributed by atoms with van der Waals surface area (Å²) in [6, 6.07) is 1.46. The van der Waals surface area contributed by atoms with Crippen LogP contribution in [0.25, 0.3) is 0 Å². The Hall–Kier alpha value is -1.95. The molecule has 1 atom stereocenters. The third-order valence-electron chi connectivity index (χ3n) is 3.05. The van der Waals surface area contributed by atoms with Crippen molar-refractivity contribution in [2.24, 2.45) is 0 Å². The van der Waals surface area contributed by atoms with Crippen molar-refractivity contribution in [2.45, 2.75) is 38.9 Å². The molecule has 0 saturated carbocycles. The average molecular weight is 293 g/mol. The Balaban J connectivity index is 2.18. The highest BCUT2D eigenvalue weighted by Crippen LogP contribution is 2.22. The van der Waals surface area contributed by atoms with Gasteiger partial charge in [-0.2, -0.15) is 0 Å². The highest BCUT2D eigenvalue weighted by atomic mass is 16.6. The monoisotopic (exact) mass is 293 g/mol. The van der Waals surface area contributed by atoms with E-state index < -0.39 is 5.97 Å². The number of esters is 1. The first kappa shape index (κ1) is 15.4. The number of nitrogens with zero attached hydrogens (tertiary/aromatic N) is 1. The molecule has 1 aromatic rings. The van der Waals surface area contributed by atoms with Gasteiger partial charge >= 0.3 is 5.97 Å². The number of hydrogen-bond donors (Lipinski definition) is 0. The lowest BCUT2D eigenvalue weighted by Gasteiger charge is -2.15. The molecule has 0 aromatic carbocycles. The smallest absolute Gasteiger partial charge is 0.344 e. The molecule has 21 heavy (non-hydrogen) atoms. The van der Waals surface area contributed by atoms with E-state index in [-0.39, 0.29) is 29.2 Å². The van der Waals surface area contributed by atoms with E-state index in [0.717, 1.165) is 19.4 Å². The van der Waals surface area contributed by atoms with Gasteiger partial charge in [-0.15, -0.1) is 0 Å². The molecule has 2 rings (SSSR count). The van der Waals surface area contributed by atoms with Crippen LogP contribution < -0.4 is 4.74 Å². The van der Waals surface area contributed by atoms with Gasteiger partial charge in [-0.1, -0.05) is 0 Å². The second-order valence-corrected chi connectivity index (χ2v) is 5.10. The Morgan fingerprint density at radius 2 is 2.38 bits per heavy atom. The second kappa shape index (κ2) is 7.17. The molecule has 2 heterocycles. The number of pyridine rings is 1. The maximum absolute atomic E-state index is 12.1. The number of hydrogen-bond acceptors (Lipinski definition) is 6.